The summed E-state index contributed by atoms with van der Waals surface area (Å²) in [6.07, 6.45) is 5.67. The predicted octanol–water partition coefficient (Wildman–Crippen LogP) is 3.73. The molecule has 0 fully saturated rings. The molecular weight excluding hydrogens is 336 g/mol. The van der Waals surface area contributed by atoms with E-state index in [2.05, 4.69) is 27.0 Å². The van der Waals surface area contributed by atoms with Crippen molar-refractivity contribution in [3.8, 4) is 0 Å². The van der Waals surface area contributed by atoms with E-state index in [4.69, 9.17) is 14.7 Å². The fourth-order valence-electron chi connectivity index (χ4n) is 2.96. The van der Waals surface area contributed by atoms with E-state index in [1.165, 1.54) is 0 Å². The van der Waals surface area contributed by atoms with Crippen LogP contribution in [0.25, 0.3) is 0 Å². The largest absolute Gasteiger partial charge is 0.396 e. The lowest BCUT2D eigenvalue weighted by Gasteiger charge is -2.28. The standard InChI is InChI=1S/C19H36N2O3S/c1-7-15(8-9-22)11-16(12-24-19(4,5)23)20-18-14(3)13(2)10-17(21-18)25-6/h13-16,22-23H,7-12H2,1-6H3. The van der Waals surface area contributed by atoms with Gasteiger partial charge in [-0.2, -0.15) is 0 Å². The summed E-state index contributed by atoms with van der Waals surface area (Å²) in [4.78, 5) is 9.69. The third-order valence-corrected chi connectivity index (χ3v) is 5.63. The van der Waals surface area contributed by atoms with E-state index in [0.717, 1.165) is 36.6 Å². The first kappa shape index (κ1) is 22.6. The number of rotatable bonds is 9. The van der Waals surface area contributed by atoms with Crippen LogP contribution in [0.4, 0.5) is 0 Å². The third-order valence-electron chi connectivity index (χ3n) is 4.90. The number of aliphatic hydroxyl groups is 2. The Morgan fingerprint density at radius 2 is 2.08 bits per heavy atom. The monoisotopic (exact) mass is 372 g/mol. The minimum atomic E-state index is -1.17. The normalized spacial score (nSPS) is 25.8. The molecule has 0 aromatic rings. The topological polar surface area (TPSA) is 74.4 Å². The van der Waals surface area contributed by atoms with Crippen LogP contribution >= 0.6 is 11.8 Å². The number of amidine groups is 1. The summed E-state index contributed by atoms with van der Waals surface area (Å²) in [5.74, 6) is 0.958. The molecule has 146 valence electrons. The average Bonchev–Trinajstić information content (AvgIpc) is 2.55. The van der Waals surface area contributed by atoms with E-state index < -0.39 is 5.79 Å². The highest BCUT2D eigenvalue weighted by Crippen LogP contribution is 2.28. The molecule has 0 saturated heterocycles. The summed E-state index contributed by atoms with van der Waals surface area (Å²) < 4.78 is 5.60. The van der Waals surface area contributed by atoms with Crippen LogP contribution in [0.15, 0.2) is 9.98 Å². The highest BCUT2D eigenvalue weighted by Gasteiger charge is 2.27. The summed E-state index contributed by atoms with van der Waals surface area (Å²) in [6, 6.07) is -0.0578. The van der Waals surface area contributed by atoms with Crippen molar-refractivity contribution >= 4 is 22.6 Å². The first-order valence-electron chi connectivity index (χ1n) is 9.36. The molecular formula is C19H36N2O3S. The van der Waals surface area contributed by atoms with Gasteiger partial charge in [-0.3, -0.25) is 4.99 Å². The molecule has 0 aliphatic carbocycles. The van der Waals surface area contributed by atoms with Crippen molar-refractivity contribution in [1.29, 1.82) is 0 Å². The third kappa shape index (κ3) is 8.20. The van der Waals surface area contributed by atoms with Crippen molar-refractivity contribution in [3.63, 3.8) is 0 Å². The predicted molar refractivity (Wildman–Crippen MR) is 107 cm³/mol. The maximum absolute atomic E-state index is 9.90. The SMILES string of the molecule is CCC(CCO)CC(COC(C)(C)O)N=C1N=C(SC)CC(C)C1C. The molecule has 0 bridgehead atoms. The Bertz CT molecular complexity index is 460. The molecule has 0 aromatic heterocycles. The number of aliphatic hydroxyl groups excluding tert-OH is 1. The number of hydrogen-bond donors (Lipinski definition) is 2. The molecule has 1 heterocycles. The van der Waals surface area contributed by atoms with Gasteiger partial charge < -0.3 is 14.9 Å². The number of thioether (sulfide) groups is 1. The zero-order valence-corrected chi connectivity index (χ0v) is 17.5. The molecule has 0 aromatic carbocycles. The first-order chi connectivity index (χ1) is 11.7. The van der Waals surface area contributed by atoms with E-state index in [-0.39, 0.29) is 12.6 Å². The van der Waals surface area contributed by atoms with Gasteiger partial charge in [0.15, 0.2) is 5.79 Å². The van der Waals surface area contributed by atoms with Crippen LogP contribution < -0.4 is 0 Å². The zero-order chi connectivity index (χ0) is 19.0. The van der Waals surface area contributed by atoms with Gasteiger partial charge in [0.25, 0.3) is 0 Å². The second-order valence-corrected chi connectivity index (χ2v) is 8.48. The molecule has 4 unspecified atom stereocenters. The van der Waals surface area contributed by atoms with Gasteiger partial charge in [-0.05, 0) is 51.2 Å². The molecule has 6 heteroatoms. The Hall–Kier alpha value is -0.430. The molecule has 2 N–H and O–H groups in total. The lowest BCUT2D eigenvalue weighted by atomic mass is 9.89. The smallest absolute Gasteiger partial charge is 0.159 e. The molecule has 0 saturated carbocycles. The number of nitrogens with zero attached hydrogens (tertiary/aromatic N) is 2. The lowest BCUT2D eigenvalue weighted by molar-refractivity contribution is -0.179. The van der Waals surface area contributed by atoms with Crippen molar-refractivity contribution in [2.75, 3.05) is 19.5 Å². The first-order valence-corrected chi connectivity index (χ1v) is 10.6. The van der Waals surface area contributed by atoms with Gasteiger partial charge in [-0.1, -0.05) is 27.2 Å². The zero-order valence-electron chi connectivity index (χ0n) is 16.7. The molecule has 0 amide bonds. The summed E-state index contributed by atoms with van der Waals surface area (Å²) in [5.41, 5.74) is 0. The summed E-state index contributed by atoms with van der Waals surface area (Å²) in [6.45, 7) is 10.4. The van der Waals surface area contributed by atoms with Crippen LogP contribution in [0.5, 0.6) is 0 Å². The fourth-order valence-corrected chi connectivity index (χ4v) is 3.57. The van der Waals surface area contributed by atoms with E-state index in [9.17, 15) is 10.2 Å². The van der Waals surface area contributed by atoms with Crippen molar-refractivity contribution in [3.05, 3.63) is 0 Å². The van der Waals surface area contributed by atoms with Gasteiger partial charge in [-0.15, -0.1) is 11.8 Å². The van der Waals surface area contributed by atoms with Gasteiger partial charge in [0, 0.05) is 12.5 Å². The molecule has 1 aliphatic rings. The Balaban J connectivity index is 2.99. The number of hydrogen-bond acceptors (Lipinski definition) is 5. The summed E-state index contributed by atoms with van der Waals surface area (Å²) in [5, 5.41) is 20.3. The second kappa shape index (κ2) is 10.7. The van der Waals surface area contributed by atoms with Gasteiger partial charge in [0.2, 0.25) is 0 Å². The van der Waals surface area contributed by atoms with Crippen LogP contribution in [0.3, 0.4) is 0 Å². The molecule has 4 atom stereocenters. The van der Waals surface area contributed by atoms with Crippen molar-refractivity contribution in [1.82, 2.24) is 0 Å². The highest BCUT2D eigenvalue weighted by atomic mass is 32.2. The van der Waals surface area contributed by atoms with Crippen LogP contribution in [-0.2, 0) is 4.74 Å². The van der Waals surface area contributed by atoms with Gasteiger partial charge in [0.05, 0.1) is 17.7 Å². The number of aliphatic imine (C=N–C) groups is 2. The Kier molecular flexibility index (Phi) is 9.64. The van der Waals surface area contributed by atoms with Crippen LogP contribution in [0.2, 0.25) is 0 Å². The van der Waals surface area contributed by atoms with Crippen LogP contribution in [-0.4, -0.2) is 52.4 Å². The van der Waals surface area contributed by atoms with E-state index >= 15 is 0 Å². The quantitative estimate of drug-likeness (QED) is 0.605. The second-order valence-electron chi connectivity index (χ2n) is 7.60. The van der Waals surface area contributed by atoms with E-state index in [1.54, 1.807) is 25.6 Å². The van der Waals surface area contributed by atoms with E-state index in [1.807, 2.05) is 0 Å². The highest BCUT2D eigenvalue weighted by molar-refractivity contribution is 8.13. The maximum atomic E-state index is 9.90. The van der Waals surface area contributed by atoms with Gasteiger partial charge >= 0.3 is 0 Å². The number of ether oxygens (including phenoxy) is 1. The van der Waals surface area contributed by atoms with Crippen molar-refractivity contribution in [2.45, 2.75) is 72.1 Å². The summed E-state index contributed by atoms with van der Waals surface area (Å²) >= 11 is 1.69. The molecule has 1 rings (SSSR count). The lowest BCUT2D eigenvalue weighted by Crippen LogP contribution is -2.32. The Morgan fingerprint density at radius 1 is 1.40 bits per heavy atom. The van der Waals surface area contributed by atoms with Crippen LogP contribution in [0.1, 0.15) is 60.3 Å². The molecule has 1 aliphatic heterocycles. The average molecular weight is 373 g/mol. The molecule has 5 nitrogen and oxygen atoms in total. The molecule has 0 spiro atoms. The summed E-state index contributed by atoms with van der Waals surface area (Å²) in [7, 11) is 0. The van der Waals surface area contributed by atoms with Gasteiger partial charge in [-0.25, -0.2) is 4.99 Å². The van der Waals surface area contributed by atoms with Crippen molar-refractivity contribution < 1.29 is 14.9 Å². The molecule has 0 radical (unpaired) electrons. The minimum absolute atomic E-state index is 0.0578. The van der Waals surface area contributed by atoms with E-state index in [0.29, 0.717) is 24.4 Å². The molecule has 25 heavy (non-hydrogen) atoms. The maximum Gasteiger partial charge on any atom is 0.159 e. The van der Waals surface area contributed by atoms with Gasteiger partial charge in [0.1, 0.15) is 5.84 Å². The Morgan fingerprint density at radius 3 is 2.60 bits per heavy atom. The Labute approximate surface area is 157 Å². The minimum Gasteiger partial charge on any atom is -0.396 e. The fraction of sp³-hybridized carbons (Fsp3) is 0.895. The van der Waals surface area contributed by atoms with Crippen LogP contribution in [0, 0.1) is 17.8 Å². The van der Waals surface area contributed by atoms with Crippen molar-refractivity contribution in [2.24, 2.45) is 27.7 Å².